The number of anilines is 2. The number of hydrogen-bond donors (Lipinski definition) is 3. The first-order valence-electron chi connectivity index (χ1n) is 11.7. The summed E-state index contributed by atoms with van der Waals surface area (Å²) in [5, 5.41) is 8.73. The van der Waals surface area contributed by atoms with Gasteiger partial charge in [0.25, 0.3) is 5.91 Å². The van der Waals surface area contributed by atoms with Gasteiger partial charge in [0.1, 0.15) is 16.9 Å². The number of halogens is 5. The van der Waals surface area contributed by atoms with Crippen LogP contribution in [0.3, 0.4) is 0 Å². The minimum Gasteiger partial charge on any atom is -0.376 e. The lowest BCUT2D eigenvalue weighted by atomic mass is 10.0. The molecule has 1 aliphatic heterocycles. The number of nitrogens with zero attached hydrogens (tertiary/aromatic N) is 3. The number of amides is 1. The molecule has 0 bridgehead atoms. The number of piperidine rings is 1. The summed E-state index contributed by atoms with van der Waals surface area (Å²) in [6.45, 7) is 1.03. The smallest absolute Gasteiger partial charge is 0.376 e. The summed E-state index contributed by atoms with van der Waals surface area (Å²) < 4.78 is 56.1. The van der Waals surface area contributed by atoms with Gasteiger partial charge in [-0.1, -0.05) is 17.5 Å². The van der Waals surface area contributed by atoms with Crippen molar-refractivity contribution >= 4 is 46.3 Å². The third-order valence-corrected chi connectivity index (χ3v) is 7.06. The molecule has 1 aromatic carbocycles. The molecular weight excluding hydrogens is 544 g/mol. The Morgan fingerprint density at radius 2 is 2.08 bits per heavy atom. The summed E-state index contributed by atoms with van der Waals surface area (Å²) in [6.07, 6.45) is 0.894. The number of thioether (sulfide) groups is 1. The third kappa shape index (κ3) is 6.64. The zero-order valence-corrected chi connectivity index (χ0v) is 22.1. The van der Waals surface area contributed by atoms with E-state index in [1.807, 2.05) is 11.9 Å². The Balaban J connectivity index is 1.58. The molecule has 0 saturated carbocycles. The first-order valence-corrected chi connectivity index (χ1v) is 12.9. The summed E-state index contributed by atoms with van der Waals surface area (Å²) in [7, 11) is 3.35. The second kappa shape index (κ2) is 11.7. The van der Waals surface area contributed by atoms with Gasteiger partial charge in [-0.15, -0.1) is 0 Å². The highest BCUT2D eigenvalue weighted by atomic mass is 35.5. The van der Waals surface area contributed by atoms with Gasteiger partial charge in [-0.2, -0.15) is 13.2 Å². The number of carbonyl (C=O) groups is 1. The Kier molecular flexibility index (Phi) is 8.60. The molecule has 0 spiro atoms. The maximum absolute atomic E-state index is 14.6. The number of rotatable bonds is 6. The normalized spacial score (nSPS) is 18.1. The number of pyridine rings is 1. The lowest BCUT2D eigenvalue weighted by molar-refractivity contribution is -0.0330. The van der Waals surface area contributed by atoms with Crippen LogP contribution in [-0.4, -0.2) is 71.6 Å². The van der Waals surface area contributed by atoms with Crippen molar-refractivity contribution in [2.75, 3.05) is 44.4 Å². The number of likely N-dealkylation sites (tertiary alicyclic amines) is 1. The predicted octanol–water partition coefficient (Wildman–Crippen LogP) is 4.88. The molecule has 2 aromatic heterocycles. The maximum atomic E-state index is 14.6. The van der Waals surface area contributed by atoms with Gasteiger partial charge in [-0.05, 0) is 49.7 Å². The van der Waals surface area contributed by atoms with Gasteiger partial charge in [-0.3, -0.25) is 9.20 Å². The molecular formula is C25H25ClF4N6OS. The third-order valence-electron chi connectivity index (χ3n) is 5.94. The van der Waals surface area contributed by atoms with Crippen molar-refractivity contribution in [2.24, 2.45) is 0 Å². The van der Waals surface area contributed by atoms with Crippen molar-refractivity contribution in [3.63, 3.8) is 0 Å². The van der Waals surface area contributed by atoms with Crippen LogP contribution >= 0.6 is 23.4 Å². The molecule has 13 heteroatoms. The lowest BCUT2D eigenvalue weighted by Crippen LogP contribution is -2.46. The standard InChI is InChI=1S/C25H25ClF4N6OS/c1-31-23(37)15-7-8-18(16(26)13-15)32-10-3-5-21-24(38-25(28,29)30)36-11-4-6-20(22(36)34-21)33-19-9-12-35(2)14-17(19)27/h4,6-8,11,13,17,19,32-33H,9-10,12,14H2,1-2H3,(H,31,37)/t17-,19+/m0/s1. The fraction of sp³-hybridized carbons (Fsp3) is 0.360. The van der Waals surface area contributed by atoms with Crippen LogP contribution in [0.5, 0.6) is 0 Å². The quantitative estimate of drug-likeness (QED) is 0.224. The van der Waals surface area contributed by atoms with E-state index in [9.17, 15) is 22.4 Å². The van der Waals surface area contributed by atoms with E-state index in [0.29, 0.717) is 34.9 Å². The highest BCUT2D eigenvalue weighted by Gasteiger charge is 2.33. The fourth-order valence-electron chi connectivity index (χ4n) is 4.08. The number of hydrogen-bond acceptors (Lipinski definition) is 6. The molecule has 7 nitrogen and oxygen atoms in total. The van der Waals surface area contributed by atoms with Crippen LogP contribution < -0.4 is 16.0 Å². The van der Waals surface area contributed by atoms with Gasteiger partial charge in [-0.25, -0.2) is 9.37 Å². The second-order valence-electron chi connectivity index (χ2n) is 8.68. The highest BCUT2D eigenvalue weighted by molar-refractivity contribution is 8.00. The van der Waals surface area contributed by atoms with Gasteiger partial charge >= 0.3 is 5.51 Å². The monoisotopic (exact) mass is 568 g/mol. The van der Waals surface area contributed by atoms with Gasteiger partial charge in [0.2, 0.25) is 0 Å². The molecule has 1 fully saturated rings. The molecule has 3 N–H and O–H groups in total. The first kappa shape index (κ1) is 27.9. The molecule has 4 rings (SSSR count). The molecule has 38 heavy (non-hydrogen) atoms. The molecule has 2 atom stereocenters. The van der Waals surface area contributed by atoms with Crippen molar-refractivity contribution in [3.05, 3.63) is 52.8 Å². The Morgan fingerprint density at radius 3 is 2.76 bits per heavy atom. The van der Waals surface area contributed by atoms with E-state index >= 15 is 0 Å². The maximum Gasteiger partial charge on any atom is 0.447 e. The molecule has 0 radical (unpaired) electrons. The summed E-state index contributed by atoms with van der Waals surface area (Å²) in [5.74, 6) is 5.22. The van der Waals surface area contributed by atoms with E-state index in [1.54, 1.807) is 24.3 Å². The average molecular weight is 569 g/mol. The molecule has 0 aliphatic carbocycles. The zero-order chi connectivity index (χ0) is 27.4. The van der Waals surface area contributed by atoms with Crippen molar-refractivity contribution in [2.45, 2.75) is 29.2 Å². The van der Waals surface area contributed by atoms with E-state index in [4.69, 9.17) is 11.6 Å². The van der Waals surface area contributed by atoms with E-state index < -0.39 is 17.7 Å². The largest absolute Gasteiger partial charge is 0.447 e. The number of nitrogens with one attached hydrogen (secondary N) is 3. The van der Waals surface area contributed by atoms with E-state index in [0.717, 1.165) is 0 Å². The predicted molar refractivity (Wildman–Crippen MR) is 142 cm³/mol. The van der Waals surface area contributed by atoms with Crippen molar-refractivity contribution in [3.8, 4) is 11.8 Å². The molecule has 202 valence electrons. The zero-order valence-electron chi connectivity index (χ0n) is 20.5. The number of carbonyl (C=O) groups excluding carboxylic acids is 1. The summed E-state index contributed by atoms with van der Waals surface area (Å²) in [4.78, 5) is 18.0. The number of aromatic nitrogens is 2. The Bertz CT molecular complexity index is 1390. The average Bonchev–Trinajstić information content (AvgIpc) is 3.20. The summed E-state index contributed by atoms with van der Waals surface area (Å²) in [6, 6.07) is 7.47. The van der Waals surface area contributed by atoms with Crippen LogP contribution in [0, 0.1) is 11.8 Å². The topological polar surface area (TPSA) is 73.7 Å². The molecule has 0 unspecified atom stereocenters. The van der Waals surface area contributed by atoms with E-state index in [1.165, 1.54) is 23.7 Å². The lowest BCUT2D eigenvalue weighted by Gasteiger charge is -2.33. The Morgan fingerprint density at radius 1 is 1.29 bits per heavy atom. The van der Waals surface area contributed by atoms with Gasteiger partial charge < -0.3 is 20.9 Å². The summed E-state index contributed by atoms with van der Waals surface area (Å²) >= 11 is 5.91. The van der Waals surface area contributed by atoms with Crippen LogP contribution in [0.15, 0.2) is 41.6 Å². The first-order chi connectivity index (χ1) is 18.1. The van der Waals surface area contributed by atoms with Crippen LogP contribution in [0.1, 0.15) is 22.5 Å². The number of benzene rings is 1. The number of imidazole rings is 1. The second-order valence-corrected chi connectivity index (χ2v) is 10.1. The molecule has 1 aliphatic rings. The van der Waals surface area contributed by atoms with Crippen molar-refractivity contribution in [1.82, 2.24) is 19.6 Å². The van der Waals surface area contributed by atoms with Crippen LogP contribution in [0.25, 0.3) is 5.65 Å². The number of alkyl halides is 4. The molecule has 3 heterocycles. The minimum absolute atomic E-state index is 0.0513. The summed E-state index contributed by atoms with van der Waals surface area (Å²) in [5.41, 5.74) is -3.05. The SMILES string of the molecule is CNC(=O)c1ccc(NCC#Cc2nc3c(N[C@@H]4CCN(C)C[C@@H]4F)cccn3c2SC(F)(F)F)c(Cl)c1. The van der Waals surface area contributed by atoms with Gasteiger partial charge in [0.05, 0.1) is 29.0 Å². The van der Waals surface area contributed by atoms with E-state index in [2.05, 4.69) is 32.8 Å². The molecule has 1 saturated heterocycles. The van der Waals surface area contributed by atoms with Crippen molar-refractivity contribution < 1.29 is 22.4 Å². The Labute approximate surface area is 226 Å². The van der Waals surface area contributed by atoms with Crippen LogP contribution in [0.2, 0.25) is 5.02 Å². The van der Waals surface area contributed by atoms with Crippen LogP contribution in [0.4, 0.5) is 28.9 Å². The highest BCUT2D eigenvalue weighted by Crippen LogP contribution is 2.39. The molecule has 3 aromatic rings. The minimum atomic E-state index is -4.56. The number of fused-ring (bicyclic) bond motifs is 1. The Hall–Kier alpha value is -3.14. The van der Waals surface area contributed by atoms with Crippen molar-refractivity contribution in [1.29, 1.82) is 0 Å². The van der Waals surface area contributed by atoms with Gasteiger partial charge in [0.15, 0.2) is 5.65 Å². The van der Waals surface area contributed by atoms with Gasteiger partial charge in [0, 0.05) is 43.7 Å². The van der Waals surface area contributed by atoms with E-state index in [-0.39, 0.29) is 47.1 Å². The molecule has 1 amide bonds. The van der Waals surface area contributed by atoms with Crippen LogP contribution in [-0.2, 0) is 0 Å². The fourth-order valence-corrected chi connectivity index (χ4v) is 4.98.